The maximum atomic E-state index is 12.0. The summed E-state index contributed by atoms with van der Waals surface area (Å²) in [5, 5.41) is 2.75. The third-order valence-corrected chi connectivity index (χ3v) is 4.08. The average molecular weight is 354 g/mol. The summed E-state index contributed by atoms with van der Waals surface area (Å²) in [5.74, 6) is -0.134. The molecule has 114 valence electrons. The smallest absolute Gasteiger partial charge is 0.253 e. The van der Waals surface area contributed by atoms with Crippen molar-refractivity contribution >= 4 is 33.4 Å². The lowest BCUT2D eigenvalue weighted by atomic mass is 10.1. The molecule has 21 heavy (non-hydrogen) atoms. The molecule has 1 aliphatic heterocycles. The molecule has 1 heterocycles. The number of amides is 2. The second kappa shape index (κ2) is 7.45. The highest BCUT2D eigenvalue weighted by molar-refractivity contribution is 9.10. The van der Waals surface area contributed by atoms with Gasteiger partial charge in [-0.05, 0) is 37.5 Å². The van der Waals surface area contributed by atoms with Gasteiger partial charge in [0.1, 0.15) is 0 Å². The van der Waals surface area contributed by atoms with Crippen LogP contribution >= 0.6 is 15.9 Å². The molecule has 2 rings (SSSR count). The number of anilines is 1. The Morgan fingerprint density at radius 1 is 1.24 bits per heavy atom. The number of benzene rings is 1. The van der Waals surface area contributed by atoms with Crippen LogP contribution in [0.3, 0.4) is 0 Å². The lowest BCUT2D eigenvalue weighted by Gasteiger charge is -2.26. The first-order valence-electron chi connectivity index (χ1n) is 7.19. The van der Waals surface area contributed by atoms with Gasteiger partial charge in [0.05, 0.1) is 5.56 Å². The van der Waals surface area contributed by atoms with Crippen LogP contribution in [0.4, 0.5) is 5.69 Å². The molecule has 0 saturated carbocycles. The van der Waals surface area contributed by atoms with E-state index in [9.17, 15) is 9.59 Å². The van der Waals surface area contributed by atoms with E-state index in [4.69, 9.17) is 5.73 Å². The summed E-state index contributed by atoms with van der Waals surface area (Å²) in [4.78, 5) is 25.9. The normalized spacial score (nSPS) is 14.8. The van der Waals surface area contributed by atoms with E-state index in [2.05, 4.69) is 21.2 Å². The monoisotopic (exact) mass is 353 g/mol. The fraction of sp³-hybridized carbons (Fsp3) is 0.467. The first-order valence-corrected chi connectivity index (χ1v) is 7.98. The summed E-state index contributed by atoms with van der Waals surface area (Å²) in [6.07, 6.45) is 3.69. The number of carbonyl (C=O) groups is 2. The maximum Gasteiger partial charge on any atom is 0.253 e. The van der Waals surface area contributed by atoms with Gasteiger partial charge in [-0.25, -0.2) is 0 Å². The van der Waals surface area contributed by atoms with Gasteiger partial charge in [-0.1, -0.05) is 15.9 Å². The quantitative estimate of drug-likeness (QED) is 0.814. The third kappa shape index (κ3) is 4.46. The molecule has 0 atom stereocenters. The number of halogens is 1. The Kier molecular flexibility index (Phi) is 5.61. The van der Waals surface area contributed by atoms with Gasteiger partial charge in [0.25, 0.3) is 5.91 Å². The van der Waals surface area contributed by atoms with Gasteiger partial charge >= 0.3 is 0 Å². The predicted molar refractivity (Wildman–Crippen MR) is 85.9 cm³/mol. The van der Waals surface area contributed by atoms with Crippen LogP contribution in [0.2, 0.25) is 0 Å². The van der Waals surface area contributed by atoms with E-state index in [1.54, 1.807) is 18.2 Å². The molecule has 1 aliphatic rings. The zero-order valence-electron chi connectivity index (χ0n) is 11.9. The maximum absolute atomic E-state index is 12.0. The van der Waals surface area contributed by atoms with Gasteiger partial charge in [0.2, 0.25) is 5.91 Å². The third-order valence-electron chi connectivity index (χ3n) is 3.59. The van der Waals surface area contributed by atoms with Crippen molar-refractivity contribution in [2.45, 2.75) is 25.7 Å². The number of nitrogen functional groups attached to an aromatic ring is 1. The number of hydrogen-bond acceptors (Lipinski definition) is 3. The van der Waals surface area contributed by atoms with E-state index in [1.165, 1.54) is 6.42 Å². The van der Waals surface area contributed by atoms with Crippen molar-refractivity contribution in [3.63, 3.8) is 0 Å². The topological polar surface area (TPSA) is 75.4 Å². The first-order chi connectivity index (χ1) is 10.1. The number of nitrogens with zero attached hydrogens (tertiary/aromatic N) is 1. The molecule has 0 aromatic heterocycles. The van der Waals surface area contributed by atoms with Crippen LogP contribution in [-0.2, 0) is 4.79 Å². The Morgan fingerprint density at radius 2 is 1.95 bits per heavy atom. The Labute approximate surface area is 133 Å². The van der Waals surface area contributed by atoms with Crippen molar-refractivity contribution in [2.24, 2.45) is 0 Å². The van der Waals surface area contributed by atoms with Gasteiger partial charge in [0.15, 0.2) is 0 Å². The molecule has 0 unspecified atom stereocenters. The summed E-state index contributed by atoms with van der Waals surface area (Å²) in [5.41, 5.74) is 6.66. The summed E-state index contributed by atoms with van der Waals surface area (Å²) in [6.45, 7) is 2.02. The van der Waals surface area contributed by atoms with E-state index in [0.29, 0.717) is 24.2 Å². The number of likely N-dealkylation sites (tertiary alicyclic amines) is 1. The van der Waals surface area contributed by atoms with Crippen molar-refractivity contribution in [1.82, 2.24) is 10.2 Å². The highest BCUT2D eigenvalue weighted by Gasteiger charge is 2.16. The number of piperidine rings is 1. The molecule has 1 aromatic rings. The summed E-state index contributed by atoms with van der Waals surface area (Å²) >= 11 is 3.30. The largest absolute Gasteiger partial charge is 0.398 e. The van der Waals surface area contributed by atoms with Gasteiger partial charge in [0, 0.05) is 36.2 Å². The Morgan fingerprint density at radius 3 is 2.62 bits per heavy atom. The van der Waals surface area contributed by atoms with Crippen LogP contribution in [0.1, 0.15) is 36.0 Å². The molecule has 1 fully saturated rings. The van der Waals surface area contributed by atoms with Crippen LogP contribution in [0, 0.1) is 0 Å². The highest BCUT2D eigenvalue weighted by Crippen LogP contribution is 2.18. The zero-order chi connectivity index (χ0) is 15.2. The van der Waals surface area contributed by atoms with Crippen LogP contribution in [0.15, 0.2) is 22.7 Å². The molecule has 0 aliphatic carbocycles. The fourth-order valence-corrected chi connectivity index (χ4v) is 2.80. The molecule has 0 radical (unpaired) electrons. The fourth-order valence-electron chi connectivity index (χ4n) is 2.42. The Balaban J connectivity index is 1.79. The summed E-state index contributed by atoms with van der Waals surface area (Å²) in [7, 11) is 0. The lowest BCUT2D eigenvalue weighted by Crippen LogP contribution is -2.37. The number of nitrogens with two attached hydrogens (primary N) is 1. The minimum absolute atomic E-state index is 0.110. The highest BCUT2D eigenvalue weighted by atomic mass is 79.9. The standard InChI is InChI=1S/C15H20BrN3O2/c16-11-4-5-12(13(17)10-11)15(21)18-7-6-14(20)19-8-2-1-3-9-19/h4-5,10H,1-3,6-9,17H2,(H,18,21). The van der Waals surface area contributed by atoms with Gasteiger partial charge < -0.3 is 16.0 Å². The molecular formula is C15H20BrN3O2. The lowest BCUT2D eigenvalue weighted by molar-refractivity contribution is -0.131. The minimum atomic E-state index is -0.244. The average Bonchev–Trinajstić information content (AvgIpc) is 2.47. The number of nitrogens with one attached hydrogen (secondary N) is 1. The van der Waals surface area contributed by atoms with E-state index in [0.717, 1.165) is 30.4 Å². The predicted octanol–water partition coefficient (Wildman–Crippen LogP) is 2.16. The Hall–Kier alpha value is -1.56. The van der Waals surface area contributed by atoms with E-state index in [-0.39, 0.29) is 11.8 Å². The van der Waals surface area contributed by atoms with Crippen molar-refractivity contribution in [3.05, 3.63) is 28.2 Å². The molecule has 0 spiro atoms. The second-order valence-electron chi connectivity index (χ2n) is 5.18. The van der Waals surface area contributed by atoms with E-state index >= 15 is 0 Å². The van der Waals surface area contributed by atoms with Crippen molar-refractivity contribution in [2.75, 3.05) is 25.4 Å². The van der Waals surface area contributed by atoms with Crippen LogP contribution in [0.25, 0.3) is 0 Å². The number of hydrogen-bond donors (Lipinski definition) is 2. The van der Waals surface area contributed by atoms with Gasteiger partial charge in [-0.2, -0.15) is 0 Å². The molecule has 1 saturated heterocycles. The van der Waals surface area contributed by atoms with Crippen molar-refractivity contribution in [3.8, 4) is 0 Å². The SMILES string of the molecule is Nc1cc(Br)ccc1C(=O)NCCC(=O)N1CCCCC1. The molecule has 5 nitrogen and oxygen atoms in total. The second-order valence-corrected chi connectivity index (χ2v) is 6.09. The molecular weight excluding hydrogens is 334 g/mol. The van der Waals surface area contributed by atoms with Gasteiger partial charge in [-0.3, -0.25) is 9.59 Å². The van der Waals surface area contributed by atoms with Crippen LogP contribution in [-0.4, -0.2) is 36.3 Å². The molecule has 0 bridgehead atoms. The minimum Gasteiger partial charge on any atom is -0.398 e. The first kappa shape index (κ1) is 15.8. The Bertz CT molecular complexity index is 528. The van der Waals surface area contributed by atoms with Gasteiger partial charge in [-0.15, -0.1) is 0 Å². The van der Waals surface area contributed by atoms with Crippen molar-refractivity contribution in [1.29, 1.82) is 0 Å². The van der Waals surface area contributed by atoms with Crippen molar-refractivity contribution < 1.29 is 9.59 Å². The summed E-state index contributed by atoms with van der Waals surface area (Å²) in [6, 6.07) is 5.12. The molecule has 1 aromatic carbocycles. The van der Waals surface area contributed by atoms with Crippen LogP contribution in [0.5, 0.6) is 0 Å². The molecule has 2 amide bonds. The van der Waals surface area contributed by atoms with Crippen LogP contribution < -0.4 is 11.1 Å². The number of rotatable bonds is 4. The van der Waals surface area contributed by atoms with E-state index < -0.39 is 0 Å². The summed E-state index contributed by atoms with van der Waals surface area (Å²) < 4.78 is 0.830. The van der Waals surface area contributed by atoms with E-state index in [1.807, 2.05) is 4.90 Å². The number of carbonyl (C=O) groups excluding carboxylic acids is 2. The zero-order valence-corrected chi connectivity index (χ0v) is 13.5. The molecule has 6 heteroatoms. The molecule has 3 N–H and O–H groups in total.